The number of aliphatic hydroxyl groups is 1. The van der Waals surface area contributed by atoms with Crippen molar-refractivity contribution in [3.8, 4) is 0 Å². The fourth-order valence-corrected chi connectivity index (χ4v) is 1.92. The summed E-state index contributed by atoms with van der Waals surface area (Å²) < 4.78 is 0. The lowest BCUT2D eigenvalue weighted by Crippen LogP contribution is -2.52. The zero-order valence-electron chi connectivity index (χ0n) is 11.8. The second-order valence-electron chi connectivity index (χ2n) is 4.40. The average molecular weight is 289 g/mol. The van der Waals surface area contributed by atoms with E-state index in [0.29, 0.717) is 12.8 Å². The van der Waals surface area contributed by atoms with Gasteiger partial charge < -0.3 is 26.2 Å². The summed E-state index contributed by atoms with van der Waals surface area (Å²) >= 11 is 0. The number of carboxylic acids is 1. The van der Waals surface area contributed by atoms with E-state index < -0.39 is 30.4 Å². The molecule has 1 atom stereocenters. The van der Waals surface area contributed by atoms with Gasteiger partial charge in [-0.2, -0.15) is 0 Å². The maximum Gasteiger partial charge on any atom is 0.326 e. The van der Waals surface area contributed by atoms with Crippen molar-refractivity contribution in [2.45, 2.75) is 45.2 Å². The van der Waals surface area contributed by atoms with Crippen LogP contribution in [0.3, 0.4) is 0 Å². The molecule has 0 heterocycles. The number of rotatable bonds is 9. The third kappa shape index (κ3) is 5.87. The maximum atomic E-state index is 12.1. The number of hydrogen-bond donors (Lipinski definition) is 4. The van der Waals surface area contributed by atoms with E-state index in [0.717, 1.165) is 0 Å². The zero-order chi connectivity index (χ0) is 15.7. The number of nitrogens with two attached hydrogens (primary N) is 1. The van der Waals surface area contributed by atoms with Gasteiger partial charge in [-0.05, 0) is 12.8 Å². The Morgan fingerprint density at radius 2 is 1.80 bits per heavy atom. The summed E-state index contributed by atoms with van der Waals surface area (Å²) in [6.07, 6.45) is 0.881. The van der Waals surface area contributed by atoms with E-state index in [-0.39, 0.29) is 19.2 Å². The van der Waals surface area contributed by atoms with Crippen molar-refractivity contribution in [1.29, 1.82) is 0 Å². The summed E-state index contributed by atoms with van der Waals surface area (Å²) in [6.45, 7) is 3.66. The van der Waals surface area contributed by atoms with Crippen LogP contribution in [0.5, 0.6) is 0 Å². The molecule has 20 heavy (non-hydrogen) atoms. The van der Waals surface area contributed by atoms with Crippen LogP contribution in [0.1, 0.15) is 33.1 Å². The SMILES string of the molecule is CCC(CC)N(CCO)C(=O)NC(CC(N)=O)C(=O)O. The molecule has 0 aromatic carbocycles. The van der Waals surface area contributed by atoms with Crippen molar-refractivity contribution in [1.82, 2.24) is 10.2 Å². The molecule has 5 N–H and O–H groups in total. The highest BCUT2D eigenvalue weighted by molar-refractivity contribution is 5.87. The van der Waals surface area contributed by atoms with Gasteiger partial charge in [0.05, 0.1) is 13.0 Å². The molecule has 0 aromatic heterocycles. The summed E-state index contributed by atoms with van der Waals surface area (Å²) in [5, 5.41) is 20.2. The first-order valence-electron chi connectivity index (χ1n) is 6.56. The van der Waals surface area contributed by atoms with E-state index in [9.17, 15) is 14.4 Å². The van der Waals surface area contributed by atoms with Crippen LogP contribution >= 0.6 is 0 Å². The standard InChI is InChI=1S/C12H23N3O5/c1-3-8(4-2)15(5-6-16)12(20)14-9(11(18)19)7-10(13)17/h8-9,16H,3-7H2,1-2H3,(H2,13,17)(H,14,20)(H,18,19). The quantitative estimate of drug-likeness (QED) is 0.454. The number of nitrogens with zero attached hydrogens (tertiary/aromatic N) is 1. The van der Waals surface area contributed by atoms with Gasteiger partial charge in [-0.15, -0.1) is 0 Å². The van der Waals surface area contributed by atoms with Crippen molar-refractivity contribution in [3.63, 3.8) is 0 Å². The van der Waals surface area contributed by atoms with Gasteiger partial charge in [0.15, 0.2) is 0 Å². The third-order valence-electron chi connectivity index (χ3n) is 2.99. The molecular formula is C12H23N3O5. The lowest BCUT2D eigenvalue weighted by Gasteiger charge is -2.31. The van der Waals surface area contributed by atoms with Crippen molar-refractivity contribution >= 4 is 17.9 Å². The first kappa shape index (κ1) is 18.2. The normalized spacial score (nSPS) is 12.0. The molecule has 0 aliphatic heterocycles. The minimum absolute atomic E-state index is 0.0983. The Morgan fingerprint density at radius 3 is 2.15 bits per heavy atom. The highest BCUT2D eigenvalue weighted by Crippen LogP contribution is 2.09. The van der Waals surface area contributed by atoms with Crippen LogP contribution in [0, 0.1) is 0 Å². The van der Waals surface area contributed by atoms with E-state index in [1.807, 2.05) is 13.8 Å². The first-order valence-corrected chi connectivity index (χ1v) is 6.56. The van der Waals surface area contributed by atoms with Crippen LogP contribution in [-0.4, -0.2) is 58.3 Å². The number of carbonyl (C=O) groups excluding carboxylic acids is 2. The fraction of sp³-hybridized carbons (Fsp3) is 0.750. The number of nitrogens with one attached hydrogen (secondary N) is 1. The summed E-state index contributed by atoms with van der Waals surface area (Å²) in [7, 11) is 0. The molecule has 0 saturated carbocycles. The molecule has 8 nitrogen and oxygen atoms in total. The second-order valence-corrected chi connectivity index (χ2v) is 4.40. The molecule has 0 aromatic rings. The smallest absolute Gasteiger partial charge is 0.326 e. The number of hydrogen-bond acceptors (Lipinski definition) is 4. The molecule has 0 saturated heterocycles. The van der Waals surface area contributed by atoms with Crippen molar-refractivity contribution in [2.24, 2.45) is 5.73 Å². The number of primary amides is 1. The van der Waals surface area contributed by atoms with Gasteiger partial charge in [0.25, 0.3) is 0 Å². The van der Waals surface area contributed by atoms with Crippen molar-refractivity contribution < 1.29 is 24.6 Å². The first-order chi connectivity index (χ1) is 9.37. The largest absolute Gasteiger partial charge is 0.480 e. The van der Waals surface area contributed by atoms with E-state index in [4.69, 9.17) is 15.9 Å². The number of urea groups is 1. The summed E-state index contributed by atoms with van der Waals surface area (Å²) in [4.78, 5) is 35.2. The van der Waals surface area contributed by atoms with Gasteiger partial charge in [-0.3, -0.25) is 4.79 Å². The van der Waals surface area contributed by atoms with E-state index in [1.54, 1.807) is 0 Å². The number of carboxylic acid groups (broad SMARTS) is 1. The van der Waals surface area contributed by atoms with Crippen LogP contribution < -0.4 is 11.1 Å². The van der Waals surface area contributed by atoms with Crippen LogP contribution in [-0.2, 0) is 9.59 Å². The molecule has 0 rings (SSSR count). The van der Waals surface area contributed by atoms with Gasteiger partial charge in [-0.25, -0.2) is 9.59 Å². The monoisotopic (exact) mass is 289 g/mol. The number of aliphatic hydroxyl groups excluding tert-OH is 1. The minimum atomic E-state index is -1.37. The molecule has 0 aliphatic rings. The van der Waals surface area contributed by atoms with Gasteiger partial charge in [0, 0.05) is 12.6 Å². The van der Waals surface area contributed by atoms with Crippen molar-refractivity contribution in [3.05, 3.63) is 0 Å². The van der Waals surface area contributed by atoms with Crippen LogP contribution in [0.2, 0.25) is 0 Å². The van der Waals surface area contributed by atoms with Gasteiger partial charge in [0.1, 0.15) is 6.04 Å². The predicted molar refractivity (Wildman–Crippen MR) is 71.9 cm³/mol. The molecule has 0 fully saturated rings. The number of carbonyl (C=O) groups is 3. The zero-order valence-corrected chi connectivity index (χ0v) is 11.8. The van der Waals surface area contributed by atoms with Crippen LogP contribution in [0.4, 0.5) is 4.79 Å². The Bertz CT molecular complexity index is 344. The number of amides is 3. The molecule has 3 amide bonds. The Labute approximate surface area is 117 Å². The Balaban J connectivity index is 4.87. The predicted octanol–water partition coefficient (Wildman–Crippen LogP) is -0.492. The van der Waals surface area contributed by atoms with E-state index in [2.05, 4.69) is 5.32 Å². The van der Waals surface area contributed by atoms with Crippen LogP contribution in [0.25, 0.3) is 0 Å². The second kappa shape index (κ2) is 9.13. The average Bonchev–Trinajstić information content (AvgIpc) is 2.37. The minimum Gasteiger partial charge on any atom is -0.480 e. The lowest BCUT2D eigenvalue weighted by molar-refractivity contribution is -0.141. The summed E-state index contributed by atoms with van der Waals surface area (Å²) in [6, 6.07) is -2.10. The van der Waals surface area contributed by atoms with Gasteiger partial charge in [-0.1, -0.05) is 13.8 Å². The Kier molecular flexibility index (Phi) is 8.30. The topological polar surface area (TPSA) is 133 Å². The molecule has 8 heteroatoms. The third-order valence-corrected chi connectivity index (χ3v) is 2.99. The fourth-order valence-electron chi connectivity index (χ4n) is 1.92. The lowest BCUT2D eigenvalue weighted by atomic mass is 10.1. The van der Waals surface area contributed by atoms with Gasteiger partial charge >= 0.3 is 12.0 Å². The van der Waals surface area contributed by atoms with Gasteiger partial charge in [0.2, 0.25) is 5.91 Å². The van der Waals surface area contributed by atoms with E-state index in [1.165, 1.54) is 4.90 Å². The molecule has 116 valence electrons. The Hall–Kier alpha value is -1.83. The highest BCUT2D eigenvalue weighted by Gasteiger charge is 2.27. The van der Waals surface area contributed by atoms with Crippen LogP contribution in [0.15, 0.2) is 0 Å². The molecule has 0 spiro atoms. The molecule has 1 unspecified atom stereocenters. The van der Waals surface area contributed by atoms with Crippen molar-refractivity contribution in [2.75, 3.05) is 13.2 Å². The highest BCUT2D eigenvalue weighted by atomic mass is 16.4. The van der Waals surface area contributed by atoms with E-state index >= 15 is 0 Å². The summed E-state index contributed by atoms with van der Waals surface area (Å²) in [5.74, 6) is -2.14. The summed E-state index contributed by atoms with van der Waals surface area (Å²) in [5.41, 5.74) is 4.95. The molecular weight excluding hydrogens is 266 g/mol. The maximum absolute atomic E-state index is 12.1. The molecule has 0 bridgehead atoms. The number of aliphatic carboxylic acids is 1. The Morgan fingerprint density at radius 1 is 1.25 bits per heavy atom. The molecule has 0 radical (unpaired) electrons. The molecule has 0 aliphatic carbocycles.